The number of hydrogen-bond donors (Lipinski definition) is 1. The zero-order valence-corrected chi connectivity index (χ0v) is 14.0. The van der Waals surface area contributed by atoms with Crippen LogP contribution in [0.2, 0.25) is 5.02 Å². The molecule has 1 aliphatic heterocycles. The number of imide groups is 1. The van der Waals surface area contributed by atoms with Crippen LogP contribution in [-0.2, 0) is 10.3 Å². The van der Waals surface area contributed by atoms with Crippen LogP contribution in [0.1, 0.15) is 11.8 Å². The Bertz CT molecular complexity index is 735. The fourth-order valence-corrected chi connectivity index (χ4v) is 3.46. The fourth-order valence-electron chi connectivity index (χ4n) is 2.44. The molecule has 2 heterocycles. The monoisotopic (exact) mass is 350 g/mol. The number of hydrogen-bond acceptors (Lipinski definition) is 4. The van der Waals surface area contributed by atoms with E-state index in [9.17, 15) is 9.59 Å². The minimum atomic E-state index is -0.999. The van der Waals surface area contributed by atoms with Crippen molar-refractivity contribution in [1.82, 2.24) is 10.2 Å². The molecular weight excluding hydrogens is 336 g/mol. The van der Waals surface area contributed by atoms with Crippen LogP contribution in [0.3, 0.4) is 0 Å². The summed E-state index contributed by atoms with van der Waals surface area (Å²) < 4.78 is 5.55. The van der Waals surface area contributed by atoms with Gasteiger partial charge in [0.25, 0.3) is 5.91 Å². The van der Waals surface area contributed by atoms with Crippen molar-refractivity contribution in [2.75, 3.05) is 13.2 Å². The van der Waals surface area contributed by atoms with Crippen molar-refractivity contribution in [3.8, 4) is 5.75 Å². The van der Waals surface area contributed by atoms with Crippen LogP contribution in [0, 0.1) is 0 Å². The fraction of sp³-hybridized carbons (Fsp3) is 0.250. The second-order valence-electron chi connectivity index (χ2n) is 5.30. The van der Waals surface area contributed by atoms with Crippen molar-refractivity contribution in [2.24, 2.45) is 0 Å². The van der Waals surface area contributed by atoms with Crippen LogP contribution in [0.15, 0.2) is 41.8 Å². The summed E-state index contributed by atoms with van der Waals surface area (Å²) in [7, 11) is 0. The van der Waals surface area contributed by atoms with Gasteiger partial charge in [-0.15, -0.1) is 11.3 Å². The van der Waals surface area contributed by atoms with Crippen molar-refractivity contribution in [3.63, 3.8) is 0 Å². The Kier molecular flexibility index (Phi) is 4.28. The van der Waals surface area contributed by atoms with E-state index in [1.807, 2.05) is 17.5 Å². The largest absolute Gasteiger partial charge is 0.492 e. The average molecular weight is 351 g/mol. The molecule has 1 aliphatic rings. The zero-order valence-electron chi connectivity index (χ0n) is 12.4. The van der Waals surface area contributed by atoms with E-state index < -0.39 is 11.6 Å². The smallest absolute Gasteiger partial charge is 0.325 e. The number of carbonyl (C=O) groups is 2. The molecule has 1 aromatic carbocycles. The summed E-state index contributed by atoms with van der Waals surface area (Å²) in [6.07, 6.45) is 0. The van der Waals surface area contributed by atoms with Crippen molar-refractivity contribution in [1.29, 1.82) is 0 Å². The molecule has 3 amide bonds. The summed E-state index contributed by atoms with van der Waals surface area (Å²) in [6, 6.07) is 10.3. The van der Waals surface area contributed by atoms with Crippen molar-refractivity contribution >= 4 is 34.9 Å². The molecule has 0 bridgehead atoms. The number of halogens is 1. The van der Waals surface area contributed by atoms with Crippen molar-refractivity contribution in [2.45, 2.75) is 12.5 Å². The number of benzene rings is 1. The number of urea groups is 1. The van der Waals surface area contributed by atoms with Gasteiger partial charge in [0.2, 0.25) is 0 Å². The molecule has 0 spiro atoms. The number of ether oxygens (including phenoxy) is 1. The summed E-state index contributed by atoms with van der Waals surface area (Å²) >= 11 is 7.33. The van der Waals surface area contributed by atoms with Gasteiger partial charge < -0.3 is 10.1 Å². The lowest BCUT2D eigenvalue weighted by atomic mass is 10.0. The summed E-state index contributed by atoms with van der Waals surface area (Å²) in [4.78, 5) is 26.7. The van der Waals surface area contributed by atoms with Gasteiger partial charge in [0, 0.05) is 9.90 Å². The summed E-state index contributed by atoms with van der Waals surface area (Å²) in [5.74, 6) is 0.338. The Balaban J connectivity index is 1.65. The van der Waals surface area contributed by atoms with Gasteiger partial charge in [0.05, 0.1) is 6.54 Å². The van der Waals surface area contributed by atoms with Gasteiger partial charge in [-0.2, -0.15) is 0 Å². The van der Waals surface area contributed by atoms with Crippen molar-refractivity contribution < 1.29 is 14.3 Å². The molecule has 23 heavy (non-hydrogen) atoms. The topological polar surface area (TPSA) is 58.6 Å². The van der Waals surface area contributed by atoms with Gasteiger partial charge in [0.1, 0.15) is 12.4 Å². The second-order valence-corrected chi connectivity index (χ2v) is 6.68. The summed E-state index contributed by atoms with van der Waals surface area (Å²) in [5.41, 5.74) is -0.999. The molecular formula is C16H15ClN2O3S. The molecule has 1 N–H and O–H groups in total. The van der Waals surface area contributed by atoms with Gasteiger partial charge in [0.15, 0.2) is 5.54 Å². The molecule has 5 nitrogen and oxygen atoms in total. The highest BCUT2D eigenvalue weighted by Crippen LogP contribution is 2.31. The molecule has 120 valence electrons. The van der Waals surface area contributed by atoms with E-state index in [1.165, 1.54) is 16.2 Å². The van der Waals surface area contributed by atoms with Gasteiger partial charge in [-0.3, -0.25) is 9.69 Å². The first kappa shape index (κ1) is 15.8. The van der Waals surface area contributed by atoms with Crippen LogP contribution in [0.25, 0.3) is 0 Å². The molecule has 1 atom stereocenters. The van der Waals surface area contributed by atoms with Gasteiger partial charge in [-0.05, 0) is 36.6 Å². The first-order valence-corrected chi connectivity index (χ1v) is 8.33. The zero-order chi connectivity index (χ0) is 16.4. The highest BCUT2D eigenvalue weighted by atomic mass is 35.5. The number of nitrogens with zero attached hydrogens (tertiary/aromatic N) is 1. The Morgan fingerprint density at radius 3 is 2.83 bits per heavy atom. The number of amides is 3. The quantitative estimate of drug-likeness (QED) is 0.842. The lowest BCUT2D eigenvalue weighted by Gasteiger charge is -2.20. The van der Waals surface area contributed by atoms with E-state index in [2.05, 4.69) is 5.32 Å². The van der Waals surface area contributed by atoms with Crippen LogP contribution >= 0.6 is 22.9 Å². The van der Waals surface area contributed by atoms with E-state index in [0.29, 0.717) is 10.8 Å². The molecule has 1 unspecified atom stereocenters. The molecule has 1 fully saturated rings. The molecule has 2 aromatic rings. The Labute approximate surface area is 142 Å². The van der Waals surface area contributed by atoms with Crippen LogP contribution in [-0.4, -0.2) is 30.0 Å². The van der Waals surface area contributed by atoms with Crippen LogP contribution < -0.4 is 10.1 Å². The lowest BCUT2D eigenvalue weighted by molar-refractivity contribution is -0.131. The third kappa shape index (κ3) is 3.04. The average Bonchev–Trinajstić information content (AvgIpc) is 3.11. The van der Waals surface area contributed by atoms with Gasteiger partial charge >= 0.3 is 6.03 Å². The van der Waals surface area contributed by atoms with E-state index in [-0.39, 0.29) is 19.1 Å². The normalized spacial score (nSPS) is 20.7. The van der Waals surface area contributed by atoms with Crippen molar-refractivity contribution in [3.05, 3.63) is 51.7 Å². The molecule has 1 aromatic heterocycles. The Morgan fingerprint density at radius 1 is 1.30 bits per heavy atom. The maximum Gasteiger partial charge on any atom is 0.325 e. The second kappa shape index (κ2) is 6.22. The predicted octanol–water partition coefficient (Wildman–Crippen LogP) is 3.25. The lowest BCUT2D eigenvalue weighted by Crippen LogP contribution is -2.40. The van der Waals surface area contributed by atoms with E-state index in [4.69, 9.17) is 16.3 Å². The summed E-state index contributed by atoms with van der Waals surface area (Å²) in [5, 5.41) is 5.21. The van der Waals surface area contributed by atoms with Crippen LogP contribution in [0.5, 0.6) is 5.75 Å². The van der Waals surface area contributed by atoms with E-state index >= 15 is 0 Å². The third-order valence-electron chi connectivity index (χ3n) is 3.67. The Hall–Kier alpha value is -2.05. The molecule has 0 aliphatic carbocycles. The van der Waals surface area contributed by atoms with Gasteiger partial charge in [-0.25, -0.2) is 4.79 Å². The minimum absolute atomic E-state index is 0.179. The maximum absolute atomic E-state index is 12.6. The number of thiophene rings is 1. The first-order valence-electron chi connectivity index (χ1n) is 7.07. The SMILES string of the molecule is CC1(c2cccs2)NC(=O)N(CCOc2cccc(Cl)c2)C1=O. The molecule has 7 heteroatoms. The molecule has 0 saturated carbocycles. The number of nitrogens with one attached hydrogen (secondary N) is 1. The molecule has 1 saturated heterocycles. The summed E-state index contributed by atoms with van der Waals surface area (Å²) in [6.45, 7) is 2.11. The van der Waals surface area contributed by atoms with E-state index in [1.54, 1.807) is 31.2 Å². The highest BCUT2D eigenvalue weighted by molar-refractivity contribution is 7.10. The standard InChI is InChI=1S/C16H15ClN2O3S/c1-16(13-6-3-9-23-13)14(20)19(15(21)18-16)7-8-22-12-5-2-4-11(17)10-12/h2-6,9-10H,7-8H2,1H3,(H,18,21). The highest BCUT2D eigenvalue weighted by Gasteiger charge is 2.49. The van der Waals surface area contributed by atoms with E-state index in [0.717, 1.165) is 4.88 Å². The Morgan fingerprint density at radius 2 is 2.13 bits per heavy atom. The van der Waals surface area contributed by atoms with Crippen LogP contribution in [0.4, 0.5) is 4.79 Å². The number of carbonyl (C=O) groups excluding carboxylic acids is 2. The number of rotatable bonds is 5. The van der Waals surface area contributed by atoms with Gasteiger partial charge in [-0.1, -0.05) is 23.7 Å². The first-order chi connectivity index (χ1) is 11.0. The molecule has 3 rings (SSSR count). The predicted molar refractivity (Wildman–Crippen MR) is 88.9 cm³/mol. The minimum Gasteiger partial charge on any atom is -0.492 e. The molecule has 0 radical (unpaired) electrons. The maximum atomic E-state index is 12.6. The third-order valence-corrected chi connectivity index (χ3v) is 5.00.